The molecular weight excluding hydrogens is 336 g/mol. The van der Waals surface area contributed by atoms with E-state index in [0.717, 1.165) is 31.4 Å². The number of hydrogen-bond donors (Lipinski definition) is 0. The highest BCUT2D eigenvalue weighted by atomic mass is 32.2. The van der Waals surface area contributed by atoms with Crippen LogP contribution in [0, 0.1) is 0 Å². The Kier molecular flexibility index (Phi) is 4.15. The van der Waals surface area contributed by atoms with Gasteiger partial charge in [0.2, 0.25) is 15.9 Å². The van der Waals surface area contributed by atoms with Crippen LogP contribution in [0.1, 0.15) is 51.0 Å². The summed E-state index contributed by atoms with van der Waals surface area (Å²) in [5, 5.41) is 0. The van der Waals surface area contributed by atoms with E-state index in [1.165, 1.54) is 9.87 Å². The molecule has 0 bridgehead atoms. The Morgan fingerprint density at radius 1 is 1.28 bits per heavy atom. The molecular formula is C19H26N2O3S. The lowest BCUT2D eigenvalue weighted by atomic mass is 9.99. The average molecular weight is 362 g/mol. The van der Waals surface area contributed by atoms with Gasteiger partial charge in [-0.3, -0.25) is 4.79 Å². The minimum absolute atomic E-state index is 0.0335. The van der Waals surface area contributed by atoms with Crippen molar-refractivity contribution in [3.05, 3.63) is 29.8 Å². The largest absolute Gasteiger partial charge is 0.310 e. The second-order valence-corrected chi connectivity index (χ2v) is 9.70. The maximum atomic E-state index is 13.3. The van der Waals surface area contributed by atoms with Crippen molar-refractivity contribution in [2.75, 3.05) is 23.7 Å². The average Bonchev–Trinajstić information content (AvgIpc) is 3.07. The van der Waals surface area contributed by atoms with Gasteiger partial charge in [0.1, 0.15) is 6.04 Å². The Bertz CT molecular complexity index is 786. The van der Waals surface area contributed by atoms with Gasteiger partial charge in [0.25, 0.3) is 0 Å². The second kappa shape index (κ2) is 6.09. The van der Waals surface area contributed by atoms with Crippen LogP contribution in [0.4, 0.5) is 5.69 Å². The van der Waals surface area contributed by atoms with Crippen molar-refractivity contribution < 1.29 is 13.2 Å². The van der Waals surface area contributed by atoms with Crippen LogP contribution in [0.25, 0.3) is 0 Å². The van der Waals surface area contributed by atoms with E-state index >= 15 is 0 Å². The van der Waals surface area contributed by atoms with Gasteiger partial charge in [0.15, 0.2) is 0 Å². The van der Waals surface area contributed by atoms with Crippen LogP contribution in [0.3, 0.4) is 0 Å². The molecule has 1 amide bonds. The molecule has 1 aliphatic carbocycles. The van der Waals surface area contributed by atoms with Crippen molar-refractivity contribution in [3.8, 4) is 0 Å². The molecule has 6 heteroatoms. The molecule has 0 aromatic heterocycles. The molecule has 2 fully saturated rings. The van der Waals surface area contributed by atoms with E-state index in [0.29, 0.717) is 25.9 Å². The van der Waals surface area contributed by atoms with E-state index in [4.69, 9.17) is 0 Å². The molecule has 1 unspecified atom stereocenters. The number of anilines is 1. The number of amides is 1. The van der Waals surface area contributed by atoms with Crippen LogP contribution in [-0.2, 0) is 20.2 Å². The molecule has 1 saturated carbocycles. The number of nitrogens with zero attached hydrogens (tertiary/aromatic N) is 2. The SMILES string of the molecule is CCCCS(=O)(=O)N1CCCC1C(=O)N1CC2(CC2)c2ccccc21. The smallest absolute Gasteiger partial charge is 0.245 e. The third kappa shape index (κ3) is 2.79. The maximum absolute atomic E-state index is 13.3. The summed E-state index contributed by atoms with van der Waals surface area (Å²) in [6.45, 7) is 3.17. The van der Waals surface area contributed by atoms with Crippen LogP contribution < -0.4 is 4.90 Å². The summed E-state index contributed by atoms with van der Waals surface area (Å²) < 4.78 is 26.8. The Balaban J connectivity index is 1.59. The highest BCUT2D eigenvalue weighted by Gasteiger charge is 2.54. The summed E-state index contributed by atoms with van der Waals surface area (Å²) in [5.41, 5.74) is 2.39. The third-order valence-electron chi connectivity index (χ3n) is 5.95. The predicted octanol–water partition coefficient (Wildman–Crippen LogP) is 2.66. The van der Waals surface area contributed by atoms with E-state index in [2.05, 4.69) is 6.07 Å². The normalized spacial score (nSPS) is 24.7. The van der Waals surface area contributed by atoms with Crippen LogP contribution in [-0.4, -0.2) is 43.5 Å². The Labute approximate surface area is 150 Å². The van der Waals surface area contributed by atoms with Crippen molar-refractivity contribution in [1.29, 1.82) is 0 Å². The molecule has 1 aromatic rings. The fourth-order valence-corrected chi connectivity index (χ4v) is 6.23. The third-order valence-corrected chi connectivity index (χ3v) is 7.90. The van der Waals surface area contributed by atoms with Crippen LogP contribution in [0.2, 0.25) is 0 Å². The summed E-state index contributed by atoms with van der Waals surface area (Å²) in [5.74, 6) is 0.113. The number of carbonyl (C=O) groups is 1. The molecule has 0 N–H and O–H groups in total. The summed E-state index contributed by atoms with van der Waals surface area (Å²) in [6.07, 6.45) is 5.13. The van der Waals surface area contributed by atoms with Crippen LogP contribution >= 0.6 is 0 Å². The molecule has 3 aliphatic rings. The van der Waals surface area contributed by atoms with Crippen molar-refractivity contribution in [3.63, 3.8) is 0 Å². The van der Waals surface area contributed by atoms with Crippen LogP contribution in [0.15, 0.2) is 24.3 Å². The quantitative estimate of drug-likeness (QED) is 0.809. The first kappa shape index (κ1) is 17.0. The van der Waals surface area contributed by atoms with E-state index < -0.39 is 16.1 Å². The first-order valence-electron chi connectivity index (χ1n) is 9.39. The lowest BCUT2D eigenvalue weighted by Crippen LogP contribution is -2.48. The first-order valence-corrected chi connectivity index (χ1v) is 11.0. The monoisotopic (exact) mass is 362 g/mol. The minimum Gasteiger partial charge on any atom is -0.310 e. The van der Waals surface area contributed by atoms with Gasteiger partial charge in [-0.1, -0.05) is 31.5 Å². The number of sulfonamides is 1. The van der Waals surface area contributed by atoms with E-state index in [1.807, 2.05) is 30.0 Å². The fraction of sp³-hybridized carbons (Fsp3) is 0.632. The molecule has 1 saturated heterocycles. The van der Waals surface area contributed by atoms with Crippen LogP contribution in [0.5, 0.6) is 0 Å². The maximum Gasteiger partial charge on any atom is 0.245 e. The van der Waals surface area contributed by atoms with Gasteiger partial charge in [-0.25, -0.2) is 8.42 Å². The molecule has 1 atom stereocenters. The molecule has 4 rings (SSSR count). The van der Waals surface area contributed by atoms with Crippen molar-refractivity contribution in [2.24, 2.45) is 0 Å². The molecule has 5 nitrogen and oxygen atoms in total. The number of hydrogen-bond acceptors (Lipinski definition) is 3. The zero-order chi connectivity index (χ0) is 17.7. The Hall–Kier alpha value is -1.40. The molecule has 1 aromatic carbocycles. The van der Waals surface area contributed by atoms with Gasteiger partial charge in [0.05, 0.1) is 5.75 Å². The molecule has 1 spiro atoms. The number of benzene rings is 1. The lowest BCUT2D eigenvalue weighted by molar-refractivity contribution is -0.121. The summed E-state index contributed by atoms with van der Waals surface area (Å²) in [7, 11) is -3.35. The topological polar surface area (TPSA) is 57.7 Å². The zero-order valence-corrected chi connectivity index (χ0v) is 15.6. The summed E-state index contributed by atoms with van der Waals surface area (Å²) in [4.78, 5) is 15.1. The summed E-state index contributed by atoms with van der Waals surface area (Å²) >= 11 is 0. The number of fused-ring (bicyclic) bond motifs is 2. The van der Waals surface area contributed by atoms with Gasteiger partial charge >= 0.3 is 0 Å². The van der Waals surface area contributed by atoms with Gasteiger partial charge in [0, 0.05) is 24.2 Å². The Morgan fingerprint density at radius 2 is 2.04 bits per heavy atom. The number of carbonyl (C=O) groups excluding carboxylic acids is 1. The first-order chi connectivity index (χ1) is 12.0. The molecule has 0 radical (unpaired) electrons. The van der Waals surface area contributed by atoms with E-state index in [9.17, 15) is 13.2 Å². The number of rotatable bonds is 5. The second-order valence-electron chi connectivity index (χ2n) is 7.66. The van der Waals surface area contributed by atoms with Gasteiger partial charge in [-0.15, -0.1) is 0 Å². The molecule has 2 heterocycles. The Morgan fingerprint density at radius 3 is 2.76 bits per heavy atom. The standard InChI is InChI=1S/C19H26N2O3S/c1-2-3-13-25(23,24)21-12-6-9-17(21)18(22)20-14-19(10-11-19)15-7-4-5-8-16(15)20/h4-5,7-8,17H,2-3,6,9-14H2,1H3. The van der Waals surface area contributed by atoms with Gasteiger partial charge in [-0.2, -0.15) is 4.31 Å². The van der Waals surface area contributed by atoms with Crippen molar-refractivity contribution >= 4 is 21.6 Å². The summed E-state index contributed by atoms with van der Waals surface area (Å²) in [6, 6.07) is 7.60. The lowest BCUT2D eigenvalue weighted by Gasteiger charge is -2.28. The van der Waals surface area contributed by atoms with Crippen molar-refractivity contribution in [2.45, 2.75) is 56.9 Å². The zero-order valence-electron chi connectivity index (χ0n) is 14.8. The highest BCUT2D eigenvalue weighted by molar-refractivity contribution is 7.89. The fourth-order valence-electron chi connectivity index (χ4n) is 4.35. The van der Waals surface area contributed by atoms with Crippen molar-refractivity contribution in [1.82, 2.24) is 4.31 Å². The van der Waals surface area contributed by atoms with Gasteiger partial charge < -0.3 is 4.90 Å². The highest BCUT2D eigenvalue weighted by Crippen LogP contribution is 2.56. The molecule has 136 valence electrons. The van der Waals surface area contributed by atoms with E-state index in [1.54, 1.807) is 0 Å². The minimum atomic E-state index is -3.35. The van der Waals surface area contributed by atoms with Gasteiger partial charge in [-0.05, 0) is 43.7 Å². The predicted molar refractivity (Wildman–Crippen MR) is 98.1 cm³/mol. The molecule has 2 aliphatic heterocycles. The number of para-hydroxylation sites is 1. The number of unbranched alkanes of at least 4 members (excludes halogenated alkanes) is 1. The van der Waals surface area contributed by atoms with E-state index in [-0.39, 0.29) is 17.1 Å². The molecule has 25 heavy (non-hydrogen) atoms.